The van der Waals surface area contributed by atoms with Crippen LogP contribution in [0.1, 0.15) is 12.7 Å². The number of ether oxygens (including phenoxy) is 1. The molecule has 0 aliphatic carbocycles. The quantitative estimate of drug-likeness (QED) is 0.520. The summed E-state index contributed by atoms with van der Waals surface area (Å²) in [6.45, 7) is 3.62. The van der Waals surface area contributed by atoms with Gasteiger partial charge in [0, 0.05) is 40.2 Å². The minimum Gasteiger partial charge on any atom is -0.378 e. The van der Waals surface area contributed by atoms with E-state index in [9.17, 15) is 0 Å². The van der Waals surface area contributed by atoms with Crippen LogP contribution in [-0.4, -0.2) is 57.3 Å². The van der Waals surface area contributed by atoms with E-state index < -0.39 is 0 Å². The monoisotopic (exact) mass is 395 g/mol. The number of anilines is 4. The van der Waals surface area contributed by atoms with E-state index in [1.54, 1.807) is 17.1 Å². The molecule has 4 heterocycles. The van der Waals surface area contributed by atoms with Crippen molar-refractivity contribution in [2.45, 2.75) is 6.54 Å². The summed E-state index contributed by atoms with van der Waals surface area (Å²) in [5.41, 5.74) is 2.29. The van der Waals surface area contributed by atoms with Crippen LogP contribution < -0.4 is 15.5 Å². The van der Waals surface area contributed by atoms with Crippen LogP contribution in [-0.2, 0) is 18.3 Å². The van der Waals surface area contributed by atoms with Crippen molar-refractivity contribution in [1.29, 1.82) is 5.41 Å². The van der Waals surface area contributed by atoms with Crippen LogP contribution in [0, 0.1) is 5.41 Å². The maximum Gasteiger partial charge on any atom is 0.229 e. The van der Waals surface area contributed by atoms with Crippen LogP contribution in [0.25, 0.3) is 0 Å². The molecule has 1 saturated heterocycles. The molecular weight excluding hydrogens is 370 g/mol. The van der Waals surface area contributed by atoms with Gasteiger partial charge >= 0.3 is 0 Å². The summed E-state index contributed by atoms with van der Waals surface area (Å²) in [5.74, 6) is 1.95. The first kappa shape index (κ1) is 18.8. The molecule has 1 fully saturated rings. The van der Waals surface area contributed by atoms with Crippen molar-refractivity contribution < 1.29 is 6.16 Å². The molecule has 0 amide bonds. The third kappa shape index (κ3) is 4.66. The Bertz CT molecular complexity index is 988. The molecule has 1 aliphatic heterocycles. The van der Waals surface area contributed by atoms with Gasteiger partial charge in [-0.2, -0.15) is 10.1 Å². The molecule has 0 atom stereocenters. The molecule has 3 N–H and O–H groups in total. The van der Waals surface area contributed by atoms with E-state index in [1.165, 1.54) is 6.21 Å². The SMILES string of the molecule is Cn1cc(Nc2ncc(C=N)c(NCc3cccc(N4CCOCC4)n3)n2)cn1.[HH]. The second-order valence-corrected chi connectivity index (χ2v) is 6.61. The lowest BCUT2D eigenvalue weighted by molar-refractivity contribution is 0.122. The van der Waals surface area contributed by atoms with Gasteiger partial charge in [-0.3, -0.25) is 4.68 Å². The first-order valence-electron chi connectivity index (χ1n) is 9.37. The van der Waals surface area contributed by atoms with Crippen molar-refractivity contribution in [3.8, 4) is 0 Å². The lowest BCUT2D eigenvalue weighted by Crippen LogP contribution is -2.36. The number of hydrogen-bond donors (Lipinski definition) is 3. The molecule has 29 heavy (non-hydrogen) atoms. The number of hydrogen-bond acceptors (Lipinski definition) is 9. The van der Waals surface area contributed by atoms with Crippen molar-refractivity contribution in [3.05, 3.63) is 48.0 Å². The molecule has 0 unspecified atom stereocenters. The third-order valence-corrected chi connectivity index (χ3v) is 4.50. The first-order chi connectivity index (χ1) is 14.2. The zero-order chi connectivity index (χ0) is 20.1. The Labute approximate surface area is 170 Å². The van der Waals surface area contributed by atoms with Gasteiger partial charge in [0.15, 0.2) is 0 Å². The van der Waals surface area contributed by atoms with Crippen LogP contribution in [0.2, 0.25) is 0 Å². The standard InChI is InChI=1S/C19H23N9O.H2/c1-27-13-16(12-23-27)25-19-22-10-14(9-20)18(26-19)21-11-15-3-2-4-17(24-15)28-5-7-29-8-6-28;/h2-4,9-10,12-13,20H,5-8,11H2,1H3,(H2,21,22,25,26);1H. The predicted molar refractivity (Wildman–Crippen MR) is 113 cm³/mol. The van der Waals surface area contributed by atoms with Gasteiger partial charge in [-0.25, -0.2) is 9.97 Å². The second kappa shape index (κ2) is 8.65. The zero-order valence-electron chi connectivity index (χ0n) is 16.2. The average molecular weight is 395 g/mol. The average Bonchev–Trinajstić information content (AvgIpc) is 3.18. The van der Waals surface area contributed by atoms with Gasteiger partial charge in [-0.05, 0) is 12.1 Å². The Morgan fingerprint density at radius 3 is 2.86 bits per heavy atom. The maximum absolute atomic E-state index is 7.62. The molecule has 1 aliphatic rings. The lowest BCUT2D eigenvalue weighted by atomic mass is 10.3. The Balaban J connectivity index is 0.00000256. The van der Waals surface area contributed by atoms with Gasteiger partial charge in [0.2, 0.25) is 5.95 Å². The molecular formula is C19H25N9O. The van der Waals surface area contributed by atoms with E-state index in [1.807, 2.05) is 31.4 Å². The lowest BCUT2D eigenvalue weighted by Gasteiger charge is -2.28. The fraction of sp³-hybridized carbons (Fsp3) is 0.316. The topological polar surface area (TPSA) is 117 Å². The highest BCUT2D eigenvalue weighted by Gasteiger charge is 2.13. The predicted octanol–water partition coefficient (Wildman–Crippen LogP) is 2.04. The van der Waals surface area contributed by atoms with Gasteiger partial charge in [0.05, 0.1) is 42.9 Å². The molecule has 10 nitrogen and oxygen atoms in total. The van der Waals surface area contributed by atoms with Gasteiger partial charge in [0.1, 0.15) is 11.6 Å². The summed E-state index contributed by atoms with van der Waals surface area (Å²) in [6, 6.07) is 5.98. The minimum absolute atomic E-state index is 0. The molecule has 152 valence electrons. The first-order valence-corrected chi connectivity index (χ1v) is 9.37. The normalized spacial score (nSPS) is 13.9. The molecule has 0 spiro atoms. The number of aromatic nitrogens is 5. The van der Waals surface area contributed by atoms with E-state index in [-0.39, 0.29) is 1.43 Å². The van der Waals surface area contributed by atoms with Crippen molar-refractivity contribution in [3.63, 3.8) is 0 Å². The Morgan fingerprint density at radius 1 is 1.24 bits per heavy atom. The number of nitrogens with one attached hydrogen (secondary N) is 3. The maximum atomic E-state index is 7.62. The Hall–Kier alpha value is -3.53. The summed E-state index contributed by atoms with van der Waals surface area (Å²) in [4.78, 5) is 15.7. The highest BCUT2D eigenvalue weighted by Crippen LogP contribution is 2.18. The molecule has 10 heteroatoms. The van der Waals surface area contributed by atoms with E-state index in [0.29, 0.717) is 23.9 Å². The summed E-state index contributed by atoms with van der Waals surface area (Å²) < 4.78 is 7.10. The number of aryl methyl sites for hydroxylation is 1. The number of nitrogens with zero attached hydrogens (tertiary/aromatic N) is 6. The van der Waals surface area contributed by atoms with Crippen molar-refractivity contribution >= 4 is 29.5 Å². The Kier molecular flexibility index (Phi) is 5.61. The molecule has 3 aromatic heterocycles. The van der Waals surface area contributed by atoms with Crippen LogP contribution in [0.15, 0.2) is 36.8 Å². The molecule has 3 aromatic rings. The number of morpholine rings is 1. The van der Waals surface area contributed by atoms with Crippen LogP contribution >= 0.6 is 0 Å². The van der Waals surface area contributed by atoms with E-state index in [0.717, 1.165) is 43.5 Å². The van der Waals surface area contributed by atoms with Gasteiger partial charge in [-0.1, -0.05) is 6.07 Å². The van der Waals surface area contributed by atoms with E-state index in [2.05, 4.69) is 30.6 Å². The van der Waals surface area contributed by atoms with Crippen molar-refractivity contribution in [1.82, 2.24) is 24.7 Å². The van der Waals surface area contributed by atoms with Crippen LogP contribution in [0.3, 0.4) is 0 Å². The summed E-state index contributed by atoms with van der Waals surface area (Å²) >= 11 is 0. The van der Waals surface area contributed by atoms with E-state index in [4.69, 9.17) is 15.1 Å². The zero-order valence-corrected chi connectivity index (χ0v) is 16.2. The van der Waals surface area contributed by atoms with E-state index >= 15 is 0 Å². The smallest absolute Gasteiger partial charge is 0.229 e. The highest BCUT2D eigenvalue weighted by atomic mass is 16.5. The second-order valence-electron chi connectivity index (χ2n) is 6.61. The van der Waals surface area contributed by atoms with Crippen molar-refractivity contribution in [2.24, 2.45) is 7.05 Å². The minimum atomic E-state index is 0. The summed E-state index contributed by atoms with van der Waals surface area (Å²) in [6.07, 6.45) is 6.37. The number of pyridine rings is 1. The fourth-order valence-electron chi connectivity index (χ4n) is 3.02. The van der Waals surface area contributed by atoms with Crippen LogP contribution in [0.4, 0.5) is 23.3 Å². The largest absolute Gasteiger partial charge is 0.378 e. The molecule has 0 radical (unpaired) electrons. The van der Waals surface area contributed by atoms with Gasteiger partial charge in [0.25, 0.3) is 0 Å². The fourth-order valence-corrected chi connectivity index (χ4v) is 3.02. The van der Waals surface area contributed by atoms with Crippen LogP contribution in [0.5, 0.6) is 0 Å². The molecule has 0 aromatic carbocycles. The summed E-state index contributed by atoms with van der Waals surface area (Å²) in [5, 5.41) is 18.1. The third-order valence-electron chi connectivity index (χ3n) is 4.50. The highest BCUT2D eigenvalue weighted by molar-refractivity contribution is 5.84. The summed E-state index contributed by atoms with van der Waals surface area (Å²) in [7, 11) is 1.84. The van der Waals surface area contributed by atoms with Gasteiger partial charge < -0.3 is 25.7 Å². The van der Waals surface area contributed by atoms with Gasteiger partial charge in [-0.15, -0.1) is 0 Å². The Morgan fingerprint density at radius 2 is 2.10 bits per heavy atom. The molecule has 0 bridgehead atoms. The van der Waals surface area contributed by atoms with Crippen molar-refractivity contribution in [2.75, 3.05) is 41.8 Å². The molecule has 4 rings (SSSR count). The number of rotatable bonds is 7. The molecule has 0 saturated carbocycles.